The van der Waals surface area contributed by atoms with Crippen LogP contribution >= 0.6 is 0 Å². The van der Waals surface area contributed by atoms with Crippen LogP contribution in [0.2, 0.25) is 0 Å². The van der Waals surface area contributed by atoms with Gasteiger partial charge in [0.2, 0.25) is 5.91 Å². The van der Waals surface area contributed by atoms with Crippen LogP contribution in [0.1, 0.15) is 47.5 Å². The van der Waals surface area contributed by atoms with Crippen molar-refractivity contribution < 1.29 is 19.5 Å². The molecule has 1 rings (SSSR count). The van der Waals surface area contributed by atoms with E-state index in [1.807, 2.05) is 13.8 Å². The van der Waals surface area contributed by atoms with Crippen LogP contribution in [0, 0.1) is 0 Å². The number of aromatic nitrogens is 1. The molecule has 0 unspecified atom stereocenters. The van der Waals surface area contributed by atoms with Crippen LogP contribution in [-0.4, -0.2) is 52.4 Å². The molecule has 0 aliphatic rings. The van der Waals surface area contributed by atoms with E-state index in [-0.39, 0.29) is 29.6 Å². The average molecular weight is 307 g/mol. The molecule has 0 spiro atoms. The molecule has 7 heteroatoms. The second-order valence-corrected chi connectivity index (χ2v) is 4.81. The molecule has 120 valence electrons. The molecule has 1 aromatic heterocycles. The van der Waals surface area contributed by atoms with Gasteiger partial charge in [-0.25, -0.2) is 9.78 Å². The van der Waals surface area contributed by atoms with Gasteiger partial charge < -0.3 is 15.3 Å². The lowest BCUT2D eigenvalue weighted by atomic mass is 10.2. The second kappa shape index (κ2) is 8.76. The van der Waals surface area contributed by atoms with Crippen LogP contribution in [0.5, 0.6) is 0 Å². The van der Waals surface area contributed by atoms with E-state index in [4.69, 9.17) is 5.11 Å². The molecule has 1 aromatic rings. The highest BCUT2D eigenvalue weighted by atomic mass is 16.4. The fourth-order valence-corrected chi connectivity index (χ4v) is 1.85. The van der Waals surface area contributed by atoms with E-state index < -0.39 is 5.97 Å². The van der Waals surface area contributed by atoms with Crippen molar-refractivity contribution in [2.24, 2.45) is 0 Å². The van der Waals surface area contributed by atoms with Gasteiger partial charge in [0, 0.05) is 19.3 Å². The first kappa shape index (κ1) is 17.6. The minimum Gasteiger partial charge on any atom is -0.477 e. The highest BCUT2D eigenvalue weighted by Crippen LogP contribution is 2.06. The minimum absolute atomic E-state index is 0.0205. The maximum absolute atomic E-state index is 12.4. The van der Waals surface area contributed by atoms with Crippen LogP contribution < -0.4 is 5.32 Å². The molecule has 7 nitrogen and oxygen atoms in total. The molecule has 0 aromatic carbocycles. The number of amides is 2. The van der Waals surface area contributed by atoms with Gasteiger partial charge >= 0.3 is 5.97 Å². The van der Waals surface area contributed by atoms with Crippen LogP contribution in [0.15, 0.2) is 18.3 Å². The molecule has 0 fully saturated rings. The molecule has 2 N–H and O–H groups in total. The highest BCUT2D eigenvalue weighted by Gasteiger charge is 2.18. The predicted octanol–water partition coefficient (Wildman–Crippen LogP) is 1.16. The number of carboxylic acids is 1. The molecule has 22 heavy (non-hydrogen) atoms. The summed E-state index contributed by atoms with van der Waals surface area (Å²) in [6, 6.07) is 2.68. The summed E-state index contributed by atoms with van der Waals surface area (Å²) >= 11 is 0. The minimum atomic E-state index is -1.15. The zero-order valence-electron chi connectivity index (χ0n) is 12.8. The summed E-state index contributed by atoms with van der Waals surface area (Å²) in [7, 11) is 0. The fraction of sp³-hybridized carbons (Fsp3) is 0.467. The quantitative estimate of drug-likeness (QED) is 0.750. The first-order valence-electron chi connectivity index (χ1n) is 7.24. The van der Waals surface area contributed by atoms with Crippen LogP contribution in [0.3, 0.4) is 0 Å². The Kier molecular flexibility index (Phi) is 7.01. The van der Waals surface area contributed by atoms with Gasteiger partial charge in [-0.2, -0.15) is 0 Å². The normalized spacial score (nSPS) is 10.1. The first-order valence-corrected chi connectivity index (χ1v) is 7.24. The van der Waals surface area contributed by atoms with Crippen molar-refractivity contribution in [2.45, 2.75) is 26.7 Å². The molecule has 0 atom stereocenters. The standard InChI is InChI=1S/C15H21N3O4/c1-3-7-16-13(19)10-18(8-4-2)14(20)11-5-6-12(15(21)22)17-9-11/h5-6,9H,3-4,7-8,10H2,1-2H3,(H,16,19)(H,21,22). The molecule has 0 radical (unpaired) electrons. The lowest BCUT2D eigenvalue weighted by Crippen LogP contribution is -2.41. The molecule has 0 saturated heterocycles. The Bertz CT molecular complexity index is 528. The van der Waals surface area contributed by atoms with Crippen LogP contribution in [0.25, 0.3) is 0 Å². The van der Waals surface area contributed by atoms with Crippen molar-refractivity contribution in [3.05, 3.63) is 29.6 Å². The van der Waals surface area contributed by atoms with E-state index >= 15 is 0 Å². The summed E-state index contributed by atoms with van der Waals surface area (Å²) in [5.41, 5.74) is 0.140. The Morgan fingerprint density at radius 3 is 2.45 bits per heavy atom. The predicted molar refractivity (Wildman–Crippen MR) is 80.7 cm³/mol. The average Bonchev–Trinajstić information content (AvgIpc) is 2.52. The molecule has 0 aliphatic heterocycles. The van der Waals surface area contributed by atoms with Crippen LogP contribution in [0.4, 0.5) is 0 Å². The van der Waals surface area contributed by atoms with E-state index in [9.17, 15) is 14.4 Å². The number of pyridine rings is 1. The Morgan fingerprint density at radius 2 is 1.95 bits per heavy atom. The summed E-state index contributed by atoms with van der Waals surface area (Å²) in [5.74, 6) is -1.69. The molecule has 0 bridgehead atoms. The Hall–Kier alpha value is -2.44. The van der Waals surface area contributed by atoms with E-state index in [0.29, 0.717) is 19.5 Å². The molecule has 0 aliphatic carbocycles. The number of carboxylic acid groups (broad SMARTS) is 1. The van der Waals surface area contributed by atoms with E-state index in [1.165, 1.54) is 23.2 Å². The third kappa shape index (κ3) is 5.16. The third-order valence-electron chi connectivity index (χ3n) is 2.92. The third-order valence-corrected chi connectivity index (χ3v) is 2.92. The Labute approximate surface area is 129 Å². The number of nitrogens with one attached hydrogen (secondary N) is 1. The molecule has 2 amide bonds. The van der Waals surface area contributed by atoms with Gasteiger partial charge in [0.15, 0.2) is 0 Å². The number of aromatic carboxylic acids is 1. The van der Waals surface area contributed by atoms with Gasteiger partial charge in [0.05, 0.1) is 12.1 Å². The van der Waals surface area contributed by atoms with E-state index in [2.05, 4.69) is 10.3 Å². The van der Waals surface area contributed by atoms with Crippen molar-refractivity contribution in [1.29, 1.82) is 0 Å². The highest BCUT2D eigenvalue weighted by molar-refractivity contribution is 5.97. The van der Waals surface area contributed by atoms with Gasteiger partial charge in [0.25, 0.3) is 5.91 Å². The number of nitrogens with zero attached hydrogens (tertiary/aromatic N) is 2. The Balaban J connectivity index is 2.79. The van der Waals surface area contributed by atoms with Crippen molar-refractivity contribution in [3.63, 3.8) is 0 Å². The van der Waals surface area contributed by atoms with Gasteiger partial charge in [0.1, 0.15) is 5.69 Å². The van der Waals surface area contributed by atoms with Gasteiger partial charge in [-0.1, -0.05) is 13.8 Å². The SMILES string of the molecule is CCCNC(=O)CN(CCC)C(=O)c1ccc(C(=O)O)nc1. The van der Waals surface area contributed by atoms with Crippen molar-refractivity contribution in [2.75, 3.05) is 19.6 Å². The summed E-state index contributed by atoms with van der Waals surface area (Å²) < 4.78 is 0. The topological polar surface area (TPSA) is 99.6 Å². The number of rotatable bonds is 8. The summed E-state index contributed by atoms with van der Waals surface area (Å²) in [4.78, 5) is 40.1. The number of hydrogen-bond acceptors (Lipinski definition) is 4. The molecular weight excluding hydrogens is 286 g/mol. The maximum Gasteiger partial charge on any atom is 0.354 e. The second-order valence-electron chi connectivity index (χ2n) is 4.81. The summed E-state index contributed by atoms with van der Waals surface area (Å²) in [6.45, 7) is 4.86. The van der Waals surface area contributed by atoms with Gasteiger partial charge in [-0.05, 0) is 25.0 Å². The smallest absolute Gasteiger partial charge is 0.354 e. The zero-order valence-corrected chi connectivity index (χ0v) is 12.8. The lowest BCUT2D eigenvalue weighted by Gasteiger charge is -2.21. The van der Waals surface area contributed by atoms with Crippen LogP contribution in [-0.2, 0) is 4.79 Å². The van der Waals surface area contributed by atoms with Crippen molar-refractivity contribution >= 4 is 17.8 Å². The van der Waals surface area contributed by atoms with Gasteiger partial charge in [-0.15, -0.1) is 0 Å². The number of hydrogen-bond donors (Lipinski definition) is 2. The largest absolute Gasteiger partial charge is 0.477 e. The van der Waals surface area contributed by atoms with Crippen molar-refractivity contribution in [3.8, 4) is 0 Å². The lowest BCUT2D eigenvalue weighted by molar-refractivity contribution is -0.121. The Morgan fingerprint density at radius 1 is 1.23 bits per heavy atom. The maximum atomic E-state index is 12.4. The first-order chi connectivity index (χ1) is 10.5. The zero-order chi connectivity index (χ0) is 16.5. The van der Waals surface area contributed by atoms with E-state index in [1.54, 1.807) is 0 Å². The van der Waals surface area contributed by atoms with Gasteiger partial charge in [-0.3, -0.25) is 9.59 Å². The van der Waals surface area contributed by atoms with E-state index in [0.717, 1.165) is 6.42 Å². The molecule has 0 saturated carbocycles. The van der Waals surface area contributed by atoms with Crippen molar-refractivity contribution in [1.82, 2.24) is 15.2 Å². The fourth-order valence-electron chi connectivity index (χ4n) is 1.85. The molecular formula is C15H21N3O4. The number of carbonyl (C=O) groups excluding carboxylic acids is 2. The number of carbonyl (C=O) groups is 3. The summed E-state index contributed by atoms with van der Waals surface area (Å²) in [6.07, 6.45) is 2.76. The monoisotopic (exact) mass is 307 g/mol. The summed E-state index contributed by atoms with van der Waals surface area (Å²) in [5, 5.41) is 11.5. The molecule has 1 heterocycles.